The van der Waals surface area contributed by atoms with Gasteiger partial charge in [0.2, 0.25) is 11.2 Å². The summed E-state index contributed by atoms with van der Waals surface area (Å²) < 4.78 is 0. The molecule has 100 valence electrons. The minimum atomic E-state index is 0.152. The van der Waals surface area contributed by atoms with Gasteiger partial charge in [0.05, 0.1) is 5.56 Å². The van der Waals surface area contributed by atoms with Crippen LogP contribution in [0.5, 0.6) is 0 Å². The molecule has 0 spiro atoms. The van der Waals surface area contributed by atoms with E-state index in [0.29, 0.717) is 22.9 Å². The Balaban J connectivity index is 2.02. The minimum Gasteiger partial charge on any atom is -0.341 e. The summed E-state index contributed by atoms with van der Waals surface area (Å²) in [6.07, 6.45) is 5.36. The average molecular weight is 287 g/mol. The van der Waals surface area contributed by atoms with Crippen molar-refractivity contribution in [2.24, 2.45) is 0 Å². The smallest absolute Gasteiger partial charge is 0.230 e. The molecule has 3 rings (SSSR count). The van der Waals surface area contributed by atoms with Crippen LogP contribution in [0, 0.1) is 11.3 Å². The lowest BCUT2D eigenvalue weighted by Crippen LogP contribution is -2.21. The maximum atomic E-state index is 8.91. The summed E-state index contributed by atoms with van der Waals surface area (Å²) >= 11 is 5.98. The summed E-state index contributed by atoms with van der Waals surface area (Å²) in [7, 11) is 0. The van der Waals surface area contributed by atoms with Crippen molar-refractivity contribution >= 4 is 17.5 Å². The van der Waals surface area contributed by atoms with Crippen LogP contribution in [0.25, 0.3) is 11.4 Å². The molecule has 0 aliphatic carbocycles. The Bertz CT molecular complexity index is 675. The molecule has 0 saturated carbocycles. The number of nitriles is 1. The van der Waals surface area contributed by atoms with Gasteiger partial charge < -0.3 is 4.90 Å². The van der Waals surface area contributed by atoms with Crippen LogP contribution >= 0.6 is 11.6 Å². The fourth-order valence-corrected chi connectivity index (χ4v) is 2.31. The Morgan fingerprint density at radius 2 is 1.95 bits per heavy atom. The SMILES string of the molecule is N#Cc1cncc(-c2nc(Cl)nc(N3CCCC3)n2)c1. The number of rotatable bonds is 2. The second-order valence-electron chi connectivity index (χ2n) is 4.50. The Kier molecular flexibility index (Phi) is 3.44. The van der Waals surface area contributed by atoms with Gasteiger partial charge in [-0.05, 0) is 30.5 Å². The van der Waals surface area contributed by atoms with Gasteiger partial charge in [0.15, 0.2) is 5.82 Å². The average Bonchev–Trinajstić information content (AvgIpc) is 3.01. The minimum absolute atomic E-state index is 0.152. The zero-order chi connectivity index (χ0) is 13.9. The van der Waals surface area contributed by atoms with Crippen molar-refractivity contribution in [3.8, 4) is 17.5 Å². The van der Waals surface area contributed by atoms with E-state index in [0.717, 1.165) is 25.9 Å². The fourth-order valence-electron chi connectivity index (χ4n) is 2.15. The highest BCUT2D eigenvalue weighted by Gasteiger charge is 2.17. The van der Waals surface area contributed by atoms with Crippen LogP contribution in [0.3, 0.4) is 0 Å². The molecule has 2 aromatic rings. The van der Waals surface area contributed by atoms with Crippen molar-refractivity contribution in [1.29, 1.82) is 5.26 Å². The van der Waals surface area contributed by atoms with Crippen LogP contribution in [0.4, 0.5) is 5.95 Å². The van der Waals surface area contributed by atoms with E-state index in [1.807, 2.05) is 6.07 Å². The number of aromatic nitrogens is 4. The van der Waals surface area contributed by atoms with Crippen LogP contribution in [0.2, 0.25) is 5.28 Å². The molecular formula is C13H11ClN6. The summed E-state index contributed by atoms with van der Waals surface area (Å²) in [5.74, 6) is 1.02. The van der Waals surface area contributed by atoms with Gasteiger partial charge in [-0.3, -0.25) is 4.98 Å². The van der Waals surface area contributed by atoms with Crippen molar-refractivity contribution in [3.63, 3.8) is 0 Å². The first kappa shape index (κ1) is 12.8. The first-order valence-electron chi connectivity index (χ1n) is 6.28. The second kappa shape index (κ2) is 5.39. The zero-order valence-corrected chi connectivity index (χ0v) is 11.4. The number of pyridine rings is 1. The molecule has 1 aliphatic heterocycles. The Morgan fingerprint density at radius 3 is 2.70 bits per heavy atom. The third kappa shape index (κ3) is 2.53. The first-order chi connectivity index (χ1) is 9.76. The van der Waals surface area contributed by atoms with Gasteiger partial charge in [0.25, 0.3) is 0 Å². The highest BCUT2D eigenvalue weighted by molar-refractivity contribution is 6.28. The van der Waals surface area contributed by atoms with Gasteiger partial charge in [-0.25, -0.2) is 0 Å². The van der Waals surface area contributed by atoms with E-state index in [-0.39, 0.29) is 5.28 Å². The quantitative estimate of drug-likeness (QED) is 0.841. The lowest BCUT2D eigenvalue weighted by Gasteiger charge is -2.15. The maximum Gasteiger partial charge on any atom is 0.230 e. The lowest BCUT2D eigenvalue weighted by molar-refractivity contribution is 0.882. The highest BCUT2D eigenvalue weighted by Crippen LogP contribution is 2.22. The van der Waals surface area contributed by atoms with Crippen molar-refractivity contribution in [1.82, 2.24) is 19.9 Å². The van der Waals surface area contributed by atoms with Crippen molar-refractivity contribution in [3.05, 3.63) is 29.3 Å². The molecular weight excluding hydrogens is 276 g/mol. The van der Waals surface area contributed by atoms with Crippen LogP contribution in [-0.2, 0) is 0 Å². The molecule has 0 atom stereocenters. The molecule has 6 nitrogen and oxygen atoms in total. The van der Waals surface area contributed by atoms with Gasteiger partial charge in [-0.2, -0.15) is 20.2 Å². The van der Waals surface area contributed by atoms with E-state index in [4.69, 9.17) is 16.9 Å². The Labute approximate surface area is 121 Å². The van der Waals surface area contributed by atoms with Gasteiger partial charge >= 0.3 is 0 Å². The Morgan fingerprint density at radius 1 is 1.15 bits per heavy atom. The van der Waals surface area contributed by atoms with Crippen LogP contribution in [0.15, 0.2) is 18.5 Å². The van der Waals surface area contributed by atoms with E-state index in [1.165, 1.54) is 6.20 Å². The topological polar surface area (TPSA) is 78.6 Å². The molecule has 20 heavy (non-hydrogen) atoms. The summed E-state index contributed by atoms with van der Waals surface area (Å²) in [4.78, 5) is 18.8. The van der Waals surface area contributed by atoms with Crippen molar-refractivity contribution in [2.75, 3.05) is 18.0 Å². The molecule has 0 bridgehead atoms. The number of nitrogens with zero attached hydrogens (tertiary/aromatic N) is 6. The standard InChI is InChI=1S/C13H11ClN6/c14-12-17-11(10-5-9(6-15)7-16-8-10)18-13(19-12)20-3-1-2-4-20/h5,7-8H,1-4H2. The number of hydrogen-bond acceptors (Lipinski definition) is 6. The molecule has 0 unspecified atom stereocenters. The lowest BCUT2D eigenvalue weighted by atomic mass is 10.2. The summed E-state index contributed by atoms with van der Waals surface area (Å²) in [6.45, 7) is 1.85. The van der Waals surface area contributed by atoms with Gasteiger partial charge in [-0.1, -0.05) is 0 Å². The van der Waals surface area contributed by atoms with E-state index in [9.17, 15) is 0 Å². The van der Waals surface area contributed by atoms with E-state index in [1.54, 1.807) is 12.3 Å². The molecule has 0 radical (unpaired) electrons. The number of halogens is 1. The molecule has 7 heteroatoms. The summed E-state index contributed by atoms with van der Waals surface area (Å²) in [5, 5.41) is 9.07. The van der Waals surface area contributed by atoms with Gasteiger partial charge in [0.1, 0.15) is 6.07 Å². The number of hydrogen-bond donors (Lipinski definition) is 0. The van der Waals surface area contributed by atoms with Gasteiger partial charge in [-0.15, -0.1) is 0 Å². The van der Waals surface area contributed by atoms with E-state index >= 15 is 0 Å². The third-order valence-electron chi connectivity index (χ3n) is 3.11. The Hall–Kier alpha value is -2.26. The van der Waals surface area contributed by atoms with E-state index < -0.39 is 0 Å². The maximum absolute atomic E-state index is 8.91. The van der Waals surface area contributed by atoms with Gasteiger partial charge in [0, 0.05) is 31.0 Å². The molecule has 1 saturated heterocycles. The summed E-state index contributed by atoms with van der Waals surface area (Å²) in [5.41, 5.74) is 1.12. The van der Waals surface area contributed by atoms with Crippen LogP contribution < -0.4 is 4.90 Å². The largest absolute Gasteiger partial charge is 0.341 e. The molecule has 0 amide bonds. The number of anilines is 1. The molecule has 2 aromatic heterocycles. The predicted molar refractivity (Wildman–Crippen MR) is 74.2 cm³/mol. The first-order valence-corrected chi connectivity index (χ1v) is 6.66. The third-order valence-corrected chi connectivity index (χ3v) is 3.28. The monoisotopic (exact) mass is 286 g/mol. The predicted octanol–water partition coefficient (Wildman–Crippen LogP) is 2.06. The summed E-state index contributed by atoms with van der Waals surface area (Å²) in [6, 6.07) is 3.73. The van der Waals surface area contributed by atoms with Crippen molar-refractivity contribution in [2.45, 2.75) is 12.8 Å². The molecule has 3 heterocycles. The van der Waals surface area contributed by atoms with Crippen LogP contribution in [-0.4, -0.2) is 33.0 Å². The normalized spacial score (nSPS) is 14.3. The fraction of sp³-hybridized carbons (Fsp3) is 0.308. The van der Waals surface area contributed by atoms with Crippen molar-refractivity contribution < 1.29 is 0 Å². The molecule has 1 aliphatic rings. The zero-order valence-electron chi connectivity index (χ0n) is 10.6. The second-order valence-corrected chi connectivity index (χ2v) is 4.83. The highest BCUT2D eigenvalue weighted by atomic mass is 35.5. The molecule has 1 fully saturated rings. The van der Waals surface area contributed by atoms with Crippen LogP contribution in [0.1, 0.15) is 18.4 Å². The molecule has 0 aromatic carbocycles. The van der Waals surface area contributed by atoms with E-state index in [2.05, 4.69) is 24.8 Å². The molecule has 0 N–H and O–H groups in total.